The fourth-order valence-corrected chi connectivity index (χ4v) is 4.18. The second kappa shape index (κ2) is 8.36. The molecule has 166 valence electrons. The molecule has 4 nitrogen and oxygen atoms in total. The van der Waals surface area contributed by atoms with Crippen LogP contribution in [0.25, 0.3) is 0 Å². The number of likely N-dealkylation sites (tertiary alicyclic amines) is 1. The highest BCUT2D eigenvalue weighted by Crippen LogP contribution is 2.34. The summed E-state index contributed by atoms with van der Waals surface area (Å²) in [6.45, 7) is 6.40. The summed E-state index contributed by atoms with van der Waals surface area (Å²) in [5, 5.41) is 0. The van der Waals surface area contributed by atoms with Gasteiger partial charge in [-0.3, -0.25) is 9.59 Å². The first kappa shape index (κ1) is 22.8. The van der Waals surface area contributed by atoms with E-state index in [9.17, 15) is 22.8 Å². The van der Waals surface area contributed by atoms with E-state index in [4.69, 9.17) is 0 Å². The van der Waals surface area contributed by atoms with Crippen LogP contribution < -0.4 is 0 Å². The molecule has 1 fully saturated rings. The van der Waals surface area contributed by atoms with Crippen LogP contribution in [-0.2, 0) is 28.7 Å². The Kier molecular flexibility index (Phi) is 6.16. The van der Waals surface area contributed by atoms with Gasteiger partial charge < -0.3 is 9.80 Å². The zero-order chi connectivity index (χ0) is 23.0. The van der Waals surface area contributed by atoms with E-state index < -0.39 is 17.3 Å². The van der Waals surface area contributed by atoms with E-state index in [1.54, 1.807) is 18.9 Å². The highest BCUT2D eigenvalue weighted by molar-refractivity contribution is 5.93. The summed E-state index contributed by atoms with van der Waals surface area (Å²) in [5.74, 6) is -0.317. The fraction of sp³-hybridized carbons (Fsp3) is 0.417. The Hall–Kier alpha value is -2.83. The van der Waals surface area contributed by atoms with Gasteiger partial charge in [0.1, 0.15) is 5.54 Å². The molecule has 0 aromatic heterocycles. The summed E-state index contributed by atoms with van der Waals surface area (Å²) in [6, 6.07) is 10.8. The molecule has 31 heavy (non-hydrogen) atoms. The third-order valence-electron chi connectivity index (χ3n) is 5.86. The van der Waals surface area contributed by atoms with Gasteiger partial charge in [-0.2, -0.15) is 13.2 Å². The Morgan fingerprint density at radius 3 is 2.10 bits per heavy atom. The van der Waals surface area contributed by atoms with Crippen LogP contribution in [0.5, 0.6) is 0 Å². The summed E-state index contributed by atoms with van der Waals surface area (Å²) in [6.07, 6.45) is -3.61. The van der Waals surface area contributed by atoms with E-state index in [1.807, 2.05) is 32.0 Å². The van der Waals surface area contributed by atoms with Crippen LogP contribution >= 0.6 is 0 Å². The molecular formula is C24H27F3N2O2. The fourth-order valence-electron chi connectivity index (χ4n) is 4.18. The molecule has 7 heteroatoms. The molecule has 1 unspecified atom stereocenters. The predicted molar refractivity (Wildman–Crippen MR) is 112 cm³/mol. The van der Waals surface area contributed by atoms with E-state index in [0.717, 1.165) is 28.8 Å². The van der Waals surface area contributed by atoms with Gasteiger partial charge in [0, 0.05) is 20.1 Å². The summed E-state index contributed by atoms with van der Waals surface area (Å²) >= 11 is 0. The smallest absolute Gasteiger partial charge is 0.339 e. The van der Waals surface area contributed by atoms with E-state index in [0.29, 0.717) is 18.5 Å². The highest BCUT2D eigenvalue weighted by Gasteiger charge is 2.50. The molecule has 3 rings (SSSR count). The number of likely N-dealkylation sites (N-methyl/N-ethyl adjacent to an activating group) is 1. The average Bonchev–Trinajstić information content (AvgIpc) is 2.64. The Morgan fingerprint density at radius 1 is 1.03 bits per heavy atom. The summed E-state index contributed by atoms with van der Waals surface area (Å²) in [5.41, 5.74) is 2.03. The van der Waals surface area contributed by atoms with Gasteiger partial charge in [0.25, 0.3) is 0 Å². The van der Waals surface area contributed by atoms with Gasteiger partial charge in [-0.25, -0.2) is 0 Å². The molecule has 0 spiro atoms. The summed E-state index contributed by atoms with van der Waals surface area (Å²) < 4.78 is 38.2. The lowest BCUT2D eigenvalue weighted by Crippen LogP contribution is -2.67. The first-order valence-corrected chi connectivity index (χ1v) is 10.2. The van der Waals surface area contributed by atoms with Gasteiger partial charge in [-0.1, -0.05) is 41.5 Å². The molecule has 2 amide bonds. The molecule has 0 bridgehead atoms. The lowest BCUT2D eigenvalue weighted by molar-refractivity contribution is -0.163. The molecule has 0 aliphatic carbocycles. The Bertz CT molecular complexity index is 965. The zero-order valence-electron chi connectivity index (χ0n) is 18.2. The molecule has 1 aliphatic rings. The third kappa shape index (κ3) is 4.92. The van der Waals surface area contributed by atoms with Crippen molar-refractivity contribution >= 4 is 11.8 Å². The number of carbonyl (C=O) groups excluding carboxylic acids is 2. The minimum atomic E-state index is -4.39. The van der Waals surface area contributed by atoms with Crippen molar-refractivity contribution in [1.82, 2.24) is 9.80 Å². The standard InChI is InChI=1S/C24H27F3N2O2/c1-16-11-17(2)13-19(12-16)14-21(30)29-10-9-23(29,3)22(31)28(4)15-18-5-7-20(8-6-18)24(25,26)27/h5-8,11-13H,9-10,14-15H2,1-4H3. The third-order valence-corrected chi connectivity index (χ3v) is 5.86. The summed E-state index contributed by atoms with van der Waals surface area (Å²) in [4.78, 5) is 29.1. The highest BCUT2D eigenvalue weighted by atomic mass is 19.4. The van der Waals surface area contributed by atoms with Crippen LogP contribution in [0.2, 0.25) is 0 Å². The normalized spacial score (nSPS) is 18.5. The largest absolute Gasteiger partial charge is 0.416 e. The van der Waals surface area contributed by atoms with Gasteiger partial charge in [-0.05, 0) is 50.5 Å². The van der Waals surface area contributed by atoms with Crippen LogP contribution in [0.15, 0.2) is 42.5 Å². The van der Waals surface area contributed by atoms with Crippen molar-refractivity contribution in [3.63, 3.8) is 0 Å². The van der Waals surface area contributed by atoms with Gasteiger partial charge in [0.15, 0.2) is 0 Å². The number of hydrogen-bond donors (Lipinski definition) is 0. The topological polar surface area (TPSA) is 40.6 Å². The quantitative estimate of drug-likeness (QED) is 0.697. The lowest BCUT2D eigenvalue weighted by atomic mass is 9.84. The molecule has 0 radical (unpaired) electrons. The number of carbonyl (C=O) groups is 2. The van der Waals surface area contributed by atoms with E-state index in [1.165, 1.54) is 17.0 Å². The van der Waals surface area contributed by atoms with Gasteiger partial charge >= 0.3 is 6.18 Å². The van der Waals surface area contributed by atoms with Crippen molar-refractivity contribution in [3.8, 4) is 0 Å². The molecule has 0 saturated carbocycles. The second-order valence-electron chi connectivity index (χ2n) is 8.60. The van der Waals surface area contributed by atoms with Crippen LogP contribution in [0.4, 0.5) is 13.2 Å². The Balaban J connectivity index is 1.66. The van der Waals surface area contributed by atoms with Crippen molar-refractivity contribution in [1.29, 1.82) is 0 Å². The van der Waals surface area contributed by atoms with Gasteiger partial charge in [0.2, 0.25) is 11.8 Å². The monoisotopic (exact) mass is 432 g/mol. The molecule has 1 atom stereocenters. The average molecular weight is 432 g/mol. The molecule has 1 aliphatic heterocycles. The maximum atomic E-state index is 13.1. The Labute approximate surface area is 180 Å². The number of alkyl halides is 3. The number of halogens is 3. The second-order valence-corrected chi connectivity index (χ2v) is 8.60. The zero-order valence-corrected chi connectivity index (χ0v) is 18.2. The van der Waals surface area contributed by atoms with Crippen molar-refractivity contribution in [2.45, 2.75) is 51.9 Å². The van der Waals surface area contributed by atoms with Crippen molar-refractivity contribution in [3.05, 3.63) is 70.3 Å². The van der Waals surface area contributed by atoms with Crippen LogP contribution in [0, 0.1) is 13.8 Å². The lowest BCUT2D eigenvalue weighted by Gasteiger charge is -2.50. The molecule has 2 aromatic carbocycles. The number of nitrogens with zero attached hydrogens (tertiary/aromatic N) is 2. The molecule has 2 aromatic rings. The van der Waals surface area contributed by atoms with E-state index in [2.05, 4.69) is 0 Å². The maximum absolute atomic E-state index is 13.1. The van der Waals surface area contributed by atoms with Crippen LogP contribution in [-0.4, -0.2) is 40.7 Å². The van der Waals surface area contributed by atoms with Crippen molar-refractivity contribution in [2.24, 2.45) is 0 Å². The van der Waals surface area contributed by atoms with E-state index >= 15 is 0 Å². The summed E-state index contributed by atoms with van der Waals surface area (Å²) in [7, 11) is 1.61. The maximum Gasteiger partial charge on any atom is 0.416 e. The van der Waals surface area contributed by atoms with Gasteiger partial charge in [0.05, 0.1) is 12.0 Å². The minimum absolute atomic E-state index is 0.102. The SMILES string of the molecule is Cc1cc(C)cc(CC(=O)N2CCC2(C)C(=O)N(C)Cc2ccc(C(F)(F)F)cc2)c1. The first-order valence-electron chi connectivity index (χ1n) is 10.2. The number of aryl methyl sites for hydroxylation is 2. The van der Waals surface area contributed by atoms with Crippen molar-refractivity contribution < 1.29 is 22.8 Å². The number of amides is 2. The number of rotatable bonds is 5. The Morgan fingerprint density at radius 2 is 1.61 bits per heavy atom. The molecule has 1 saturated heterocycles. The van der Waals surface area contributed by atoms with Crippen LogP contribution in [0.1, 0.15) is 41.2 Å². The molecular weight excluding hydrogens is 405 g/mol. The first-order chi connectivity index (χ1) is 14.4. The van der Waals surface area contributed by atoms with E-state index in [-0.39, 0.29) is 24.8 Å². The predicted octanol–water partition coefficient (Wildman–Crippen LogP) is 4.51. The number of benzene rings is 2. The van der Waals surface area contributed by atoms with Gasteiger partial charge in [-0.15, -0.1) is 0 Å². The minimum Gasteiger partial charge on any atom is -0.339 e. The van der Waals surface area contributed by atoms with Crippen LogP contribution in [0.3, 0.4) is 0 Å². The molecule has 0 N–H and O–H groups in total. The van der Waals surface area contributed by atoms with Crippen molar-refractivity contribution in [2.75, 3.05) is 13.6 Å². The number of hydrogen-bond acceptors (Lipinski definition) is 2. The molecule has 1 heterocycles.